The highest BCUT2D eigenvalue weighted by atomic mass is 16.6. The molecule has 0 aliphatic carbocycles. The molecule has 19 heavy (non-hydrogen) atoms. The molecule has 3 heteroatoms. The zero-order valence-electron chi connectivity index (χ0n) is 10.6. The molecule has 3 nitrogen and oxygen atoms in total. The maximum absolute atomic E-state index is 11.6. The lowest BCUT2D eigenvalue weighted by atomic mass is 9.97. The largest absolute Gasteiger partial charge is 0.392 e. The van der Waals surface area contributed by atoms with Gasteiger partial charge in [0.25, 0.3) is 0 Å². The Morgan fingerprint density at radius 3 is 2.53 bits per heavy atom. The van der Waals surface area contributed by atoms with Crippen molar-refractivity contribution in [2.45, 2.75) is 13.3 Å². The summed E-state index contributed by atoms with van der Waals surface area (Å²) in [7, 11) is 0. The standard InChI is InChI=1S/C16H14O3/c1-12-14(10-13-6-3-2-4-7-13)8-5-9-15(12)16(18)19-11-17/h2-9,11H,10H2,1H3. The van der Waals surface area contributed by atoms with E-state index in [1.54, 1.807) is 12.1 Å². The van der Waals surface area contributed by atoms with Gasteiger partial charge in [-0.05, 0) is 36.1 Å². The van der Waals surface area contributed by atoms with E-state index in [0.717, 1.165) is 17.5 Å². The minimum Gasteiger partial charge on any atom is -0.392 e. The first-order valence-corrected chi connectivity index (χ1v) is 5.99. The number of hydrogen-bond donors (Lipinski definition) is 0. The summed E-state index contributed by atoms with van der Waals surface area (Å²) in [5.74, 6) is -0.609. The summed E-state index contributed by atoms with van der Waals surface area (Å²) in [4.78, 5) is 21.8. The van der Waals surface area contributed by atoms with Gasteiger partial charge in [0.1, 0.15) is 0 Å². The highest BCUT2D eigenvalue weighted by molar-refractivity contribution is 5.94. The third kappa shape index (κ3) is 3.07. The fourth-order valence-corrected chi connectivity index (χ4v) is 2.02. The summed E-state index contributed by atoms with van der Waals surface area (Å²) in [6, 6.07) is 15.4. The van der Waals surface area contributed by atoms with Crippen LogP contribution in [0.5, 0.6) is 0 Å². The van der Waals surface area contributed by atoms with Gasteiger partial charge in [-0.3, -0.25) is 4.79 Å². The molecule has 0 N–H and O–H groups in total. The molecule has 0 unspecified atom stereocenters. The number of hydrogen-bond acceptors (Lipinski definition) is 3. The molecule has 2 aromatic rings. The van der Waals surface area contributed by atoms with Crippen LogP contribution < -0.4 is 0 Å². The molecule has 0 fully saturated rings. The van der Waals surface area contributed by atoms with Crippen LogP contribution in [0.2, 0.25) is 0 Å². The van der Waals surface area contributed by atoms with Crippen LogP contribution in [-0.4, -0.2) is 12.4 Å². The topological polar surface area (TPSA) is 43.4 Å². The molecule has 0 heterocycles. The van der Waals surface area contributed by atoms with Crippen molar-refractivity contribution in [3.63, 3.8) is 0 Å². The van der Waals surface area contributed by atoms with E-state index in [0.29, 0.717) is 5.56 Å². The molecule has 0 aromatic heterocycles. The lowest BCUT2D eigenvalue weighted by Gasteiger charge is -2.09. The molecule has 0 amide bonds. The summed E-state index contributed by atoms with van der Waals surface area (Å²) in [5.41, 5.74) is 3.50. The second-order valence-electron chi connectivity index (χ2n) is 4.25. The third-order valence-corrected chi connectivity index (χ3v) is 3.06. The zero-order chi connectivity index (χ0) is 13.7. The smallest absolute Gasteiger partial charge is 0.345 e. The third-order valence-electron chi connectivity index (χ3n) is 3.06. The van der Waals surface area contributed by atoms with Gasteiger partial charge in [0.2, 0.25) is 0 Å². The van der Waals surface area contributed by atoms with Crippen LogP contribution in [0.25, 0.3) is 0 Å². The molecule has 0 bridgehead atoms. The van der Waals surface area contributed by atoms with Gasteiger partial charge < -0.3 is 4.74 Å². The van der Waals surface area contributed by atoms with E-state index >= 15 is 0 Å². The fourth-order valence-electron chi connectivity index (χ4n) is 2.02. The summed E-state index contributed by atoms with van der Waals surface area (Å²) in [5, 5.41) is 0. The number of esters is 1. The SMILES string of the molecule is Cc1c(Cc2ccccc2)cccc1C(=O)OC=O. The van der Waals surface area contributed by atoms with Gasteiger partial charge in [0, 0.05) is 0 Å². The van der Waals surface area contributed by atoms with Crippen LogP contribution in [0.3, 0.4) is 0 Å². The predicted octanol–water partition coefficient (Wildman–Crippen LogP) is 2.90. The normalized spacial score (nSPS) is 9.95. The first-order valence-electron chi connectivity index (χ1n) is 5.99. The Morgan fingerprint density at radius 2 is 1.84 bits per heavy atom. The van der Waals surface area contributed by atoms with E-state index in [9.17, 15) is 9.59 Å². The molecule has 0 radical (unpaired) electrons. The molecular formula is C16H14O3. The molecule has 0 aliphatic rings. The monoisotopic (exact) mass is 254 g/mol. The Morgan fingerprint density at radius 1 is 1.11 bits per heavy atom. The Hall–Kier alpha value is -2.42. The zero-order valence-corrected chi connectivity index (χ0v) is 10.6. The summed E-state index contributed by atoms with van der Waals surface area (Å²) >= 11 is 0. The van der Waals surface area contributed by atoms with Gasteiger partial charge in [-0.15, -0.1) is 0 Å². The average Bonchev–Trinajstić information content (AvgIpc) is 2.42. The van der Waals surface area contributed by atoms with E-state index < -0.39 is 5.97 Å². The maximum Gasteiger partial charge on any atom is 0.345 e. The summed E-state index contributed by atoms with van der Waals surface area (Å²) < 4.78 is 4.39. The molecule has 2 rings (SSSR count). The molecule has 0 saturated heterocycles. The number of ether oxygens (including phenoxy) is 1. The van der Waals surface area contributed by atoms with Crippen molar-refractivity contribution in [3.8, 4) is 0 Å². The Bertz CT molecular complexity index is 588. The fraction of sp³-hybridized carbons (Fsp3) is 0.125. The van der Waals surface area contributed by atoms with Crippen molar-refractivity contribution < 1.29 is 14.3 Å². The van der Waals surface area contributed by atoms with Crippen molar-refractivity contribution >= 4 is 12.4 Å². The maximum atomic E-state index is 11.6. The number of rotatable bonds is 4. The second kappa shape index (κ2) is 5.96. The molecular weight excluding hydrogens is 240 g/mol. The highest BCUT2D eigenvalue weighted by Gasteiger charge is 2.12. The van der Waals surface area contributed by atoms with Crippen LogP contribution >= 0.6 is 0 Å². The molecule has 0 saturated carbocycles. The average molecular weight is 254 g/mol. The van der Waals surface area contributed by atoms with E-state index in [1.807, 2.05) is 43.3 Å². The minimum atomic E-state index is -0.609. The van der Waals surface area contributed by atoms with Crippen molar-refractivity contribution in [2.75, 3.05) is 0 Å². The molecule has 96 valence electrons. The minimum absolute atomic E-state index is 0.158. The van der Waals surface area contributed by atoms with Crippen molar-refractivity contribution in [2.24, 2.45) is 0 Å². The molecule has 0 atom stereocenters. The van der Waals surface area contributed by atoms with Crippen LogP contribution in [0.1, 0.15) is 27.0 Å². The second-order valence-corrected chi connectivity index (χ2v) is 4.25. The molecule has 0 spiro atoms. The summed E-state index contributed by atoms with van der Waals surface area (Å²) in [6.45, 7) is 2.02. The van der Waals surface area contributed by atoms with Crippen LogP contribution in [0, 0.1) is 6.92 Å². The van der Waals surface area contributed by atoms with Gasteiger partial charge in [0.05, 0.1) is 5.56 Å². The molecule has 2 aromatic carbocycles. The van der Waals surface area contributed by atoms with Crippen molar-refractivity contribution in [1.29, 1.82) is 0 Å². The van der Waals surface area contributed by atoms with E-state index in [-0.39, 0.29) is 6.47 Å². The van der Waals surface area contributed by atoms with Crippen LogP contribution in [0.15, 0.2) is 48.5 Å². The van der Waals surface area contributed by atoms with Gasteiger partial charge in [-0.2, -0.15) is 0 Å². The van der Waals surface area contributed by atoms with Crippen molar-refractivity contribution in [1.82, 2.24) is 0 Å². The van der Waals surface area contributed by atoms with Gasteiger partial charge in [-0.1, -0.05) is 42.5 Å². The number of carbonyl (C=O) groups excluding carboxylic acids is 2. The van der Waals surface area contributed by atoms with E-state index in [2.05, 4.69) is 4.74 Å². The number of benzene rings is 2. The van der Waals surface area contributed by atoms with Gasteiger partial charge >= 0.3 is 12.4 Å². The lowest BCUT2D eigenvalue weighted by Crippen LogP contribution is -2.07. The van der Waals surface area contributed by atoms with Crippen LogP contribution in [0.4, 0.5) is 0 Å². The van der Waals surface area contributed by atoms with Crippen molar-refractivity contribution in [3.05, 3.63) is 70.8 Å². The Labute approximate surface area is 111 Å². The predicted molar refractivity (Wildman–Crippen MR) is 71.9 cm³/mol. The molecule has 0 aliphatic heterocycles. The quantitative estimate of drug-likeness (QED) is 0.478. The first-order chi connectivity index (χ1) is 9.22. The number of carbonyl (C=O) groups is 2. The van der Waals surface area contributed by atoms with E-state index in [4.69, 9.17) is 0 Å². The van der Waals surface area contributed by atoms with E-state index in [1.165, 1.54) is 5.56 Å². The Balaban J connectivity index is 2.30. The Kier molecular flexibility index (Phi) is 4.08. The van der Waals surface area contributed by atoms with Gasteiger partial charge in [-0.25, -0.2) is 4.79 Å². The van der Waals surface area contributed by atoms with Gasteiger partial charge in [0.15, 0.2) is 0 Å². The highest BCUT2D eigenvalue weighted by Crippen LogP contribution is 2.18. The first kappa shape index (κ1) is 13.0. The van der Waals surface area contributed by atoms with Crippen LogP contribution in [-0.2, 0) is 16.0 Å². The summed E-state index contributed by atoms with van der Waals surface area (Å²) in [6.07, 6.45) is 0.745. The lowest BCUT2D eigenvalue weighted by molar-refractivity contribution is -0.123.